The molecule has 1 amide bonds. The van der Waals surface area contributed by atoms with Gasteiger partial charge in [-0.3, -0.25) is 9.36 Å². The van der Waals surface area contributed by atoms with Crippen LogP contribution in [0.4, 0.5) is 5.13 Å². The summed E-state index contributed by atoms with van der Waals surface area (Å²) in [4.78, 5) is 33.4. The average molecular weight is 362 g/mol. The van der Waals surface area contributed by atoms with Crippen molar-refractivity contribution in [3.8, 4) is 0 Å². The number of thiazole rings is 1. The second kappa shape index (κ2) is 6.99. The summed E-state index contributed by atoms with van der Waals surface area (Å²) in [5.41, 5.74) is -0.147. The molecule has 4 rings (SSSR count). The van der Waals surface area contributed by atoms with E-state index in [1.54, 1.807) is 22.1 Å². The Hall–Kier alpha value is -2.16. The van der Waals surface area contributed by atoms with Crippen LogP contribution >= 0.6 is 11.3 Å². The molecule has 0 N–H and O–H groups in total. The summed E-state index contributed by atoms with van der Waals surface area (Å²) in [6, 6.07) is 0. The first kappa shape index (κ1) is 16.3. The zero-order valence-electron chi connectivity index (χ0n) is 14.1. The van der Waals surface area contributed by atoms with Crippen molar-refractivity contribution < 1.29 is 4.79 Å². The summed E-state index contributed by atoms with van der Waals surface area (Å²) in [6.07, 6.45) is 5.81. The van der Waals surface area contributed by atoms with Crippen molar-refractivity contribution in [1.82, 2.24) is 24.2 Å². The summed E-state index contributed by atoms with van der Waals surface area (Å²) in [5.74, 6) is 0.790. The van der Waals surface area contributed by atoms with E-state index < -0.39 is 0 Å². The lowest BCUT2D eigenvalue weighted by Gasteiger charge is -2.34. The van der Waals surface area contributed by atoms with Crippen LogP contribution in [-0.4, -0.2) is 56.3 Å². The zero-order chi connectivity index (χ0) is 17.2. The van der Waals surface area contributed by atoms with Crippen LogP contribution in [-0.2, 0) is 24.3 Å². The molecule has 0 atom stereocenters. The Balaban J connectivity index is 1.39. The van der Waals surface area contributed by atoms with Gasteiger partial charge in [0, 0.05) is 50.7 Å². The normalized spacial score (nSPS) is 18.1. The van der Waals surface area contributed by atoms with E-state index in [0.29, 0.717) is 13.1 Å². The lowest BCUT2D eigenvalue weighted by atomic mass is 10.2. The predicted octanol–water partition coefficient (Wildman–Crippen LogP) is 0.577. The lowest BCUT2D eigenvalue weighted by Crippen LogP contribution is -2.50. The minimum Gasteiger partial charge on any atom is -0.345 e. The minimum absolute atomic E-state index is 0.0332. The first-order chi connectivity index (χ1) is 12.2. The van der Waals surface area contributed by atoms with Gasteiger partial charge in [0.2, 0.25) is 5.91 Å². The van der Waals surface area contributed by atoms with E-state index in [2.05, 4.69) is 15.0 Å². The Labute approximate surface area is 149 Å². The van der Waals surface area contributed by atoms with Crippen LogP contribution in [0, 0.1) is 0 Å². The van der Waals surface area contributed by atoms with E-state index in [4.69, 9.17) is 0 Å². The van der Waals surface area contributed by atoms with Gasteiger partial charge in [0.05, 0.1) is 0 Å². The smallest absolute Gasteiger partial charge is 0.345 e. The molecule has 0 bridgehead atoms. The molecule has 0 aromatic carbocycles. The van der Waals surface area contributed by atoms with Crippen molar-refractivity contribution in [3.63, 3.8) is 0 Å². The van der Waals surface area contributed by atoms with Crippen LogP contribution in [0.15, 0.2) is 16.4 Å². The van der Waals surface area contributed by atoms with Gasteiger partial charge in [-0.2, -0.15) is 5.10 Å². The van der Waals surface area contributed by atoms with Crippen LogP contribution in [0.2, 0.25) is 0 Å². The second-order valence-electron chi connectivity index (χ2n) is 6.50. The summed E-state index contributed by atoms with van der Waals surface area (Å²) in [6.45, 7) is 3.61. The fourth-order valence-electron chi connectivity index (χ4n) is 3.48. The van der Waals surface area contributed by atoms with Crippen LogP contribution in [0.1, 0.15) is 25.1 Å². The van der Waals surface area contributed by atoms with E-state index in [1.165, 1.54) is 4.68 Å². The molecule has 2 aromatic rings. The molecule has 4 heterocycles. The average Bonchev–Trinajstić information content (AvgIpc) is 3.19. The van der Waals surface area contributed by atoms with Gasteiger partial charge in [-0.15, -0.1) is 11.3 Å². The van der Waals surface area contributed by atoms with Crippen LogP contribution in [0.5, 0.6) is 0 Å². The number of carbonyl (C=O) groups is 1. The number of hydrogen-bond donors (Lipinski definition) is 0. The Bertz CT molecular complexity index is 788. The van der Waals surface area contributed by atoms with Gasteiger partial charge < -0.3 is 9.80 Å². The first-order valence-corrected chi connectivity index (χ1v) is 9.69. The molecule has 9 heteroatoms. The van der Waals surface area contributed by atoms with Crippen molar-refractivity contribution in [3.05, 3.63) is 27.9 Å². The van der Waals surface area contributed by atoms with Gasteiger partial charge in [-0.05, 0) is 12.8 Å². The molecular formula is C16H22N6O2S. The molecule has 0 spiro atoms. The van der Waals surface area contributed by atoms with E-state index in [0.717, 1.165) is 56.3 Å². The molecule has 0 saturated carbocycles. The summed E-state index contributed by atoms with van der Waals surface area (Å²) >= 11 is 1.61. The fourth-order valence-corrected chi connectivity index (χ4v) is 4.17. The molecule has 2 aliphatic rings. The van der Waals surface area contributed by atoms with Crippen molar-refractivity contribution in [2.45, 2.75) is 38.8 Å². The monoisotopic (exact) mass is 362 g/mol. The number of aryl methyl sites for hydroxylation is 1. The van der Waals surface area contributed by atoms with Crippen molar-refractivity contribution in [2.75, 3.05) is 31.1 Å². The Kier molecular flexibility index (Phi) is 4.56. The highest BCUT2D eigenvalue weighted by Crippen LogP contribution is 2.19. The molecule has 25 heavy (non-hydrogen) atoms. The molecule has 8 nitrogen and oxygen atoms in total. The van der Waals surface area contributed by atoms with Crippen molar-refractivity contribution >= 4 is 22.4 Å². The summed E-state index contributed by atoms with van der Waals surface area (Å²) in [5, 5.41) is 7.36. The maximum atomic E-state index is 12.6. The number of anilines is 1. The van der Waals surface area contributed by atoms with Crippen LogP contribution < -0.4 is 10.6 Å². The van der Waals surface area contributed by atoms with Crippen LogP contribution in [0.25, 0.3) is 0 Å². The van der Waals surface area contributed by atoms with Crippen molar-refractivity contribution in [1.29, 1.82) is 0 Å². The Morgan fingerprint density at radius 1 is 1.12 bits per heavy atom. The number of carbonyl (C=O) groups excluding carboxylic acids is 1. The summed E-state index contributed by atoms with van der Waals surface area (Å²) in [7, 11) is 0. The SMILES string of the molecule is O=C(Cn1nc2n(c1=O)CCCCC2)N1CCN(c2nccs2)CC1. The number of hydrogen-bond acceptors (Lipinski definition) is 6. The fraction of sp³-hybridized carbons (Fsp3) is 0.625. The standard InChI is InChI=1S/C16H22N6O2S/c23-14(19-7-9-20(10-8-19)15-17-5-11-25-15)12-22-16(24)21-6-3-1-2-4-13(21)18-22/h5,11H,1-4,6-10,12H2. The number of aromatic nitrogens is 4. The Morgan fingerprint density at radius 3 is 2.72 bits per heavy atom. The molecular weight excluding hydrogens is 340 g/mol. The summed E-state index contributed by atoms with van der Waals surface area (Å²) < 4.78 is 3.08. The van der Waals surface area contributed by atoms with Gasteiger partial charge in [-0.25, -0.2) is 14.5 Å². The van der Waals surface area contributed by atoms with E-state index in [-0.39, 0.29) is 18.1 Å². The van der Waals surface area contributed by atoms with Gasteiger partial charge in [-0.1, -0.05) is 6.42 Å². The number of nitrogens with zero attached hydrogens (tertiary/aromatic N) is 6. The minimum atomic E-state index is -0.147. The third kappa shape index (κ3) is 3.33. The highest BCUT2D eigenvalue weighted by Gasteiger charge is 2.24. The second-order valence-corrected chi connectivity index (χ2v) is 7.37. The highest BCUT2D eigenvalue weighted by atomic mass is 32.1. The third-order valence-corrected chi connectivity index (χ3v) is 5.72. The first-order valence-electron chi connectivity index (χ1n) is 8.81. The lowest BCUT2D eigenvalue weighted by molar-refractivity contribution is -0.132. The molecule has 0 unspecified atom stereocenters. The van der Waals surface area contributed by atoms with Gasteiger partial charge >= 0.3 is 5.69 Å². The predicted molar refractivity (Wildman–Crippen MR) is 94.9 cm³/mol. The van der Waals surface area contributed by atoms with Crippen LogP contribution in [0.3, 0.4) is 0 Å². The highest BCUT2D eigenvalue weighted by molar-refractivity contribution is 7.13. The molecule has 2 aromatic heterocycles. The molecule has 1 fully saturated rings. The van der Waals surface area contributed by atoms with E-state index in [9.17, 15) is 9.59 Å². The number of rotatable bonds is 3. The zero-order valence-corrected chi connectivity index (χ0v) is 15.0. The van der Waals surface area contributed by atoms with Gasteiger partial charge in [0.25, 0.3) is 0 Å². The largest absolute Gasteiger partial charge is 0.346 e. The maximum absolute atomic E-state index is 12.6. The maximum Gasteiger partial charge on any atom is 0.346 e. The Morgan fingerprint density at radius 2 is 1.96 bits per heavy atom. The third-order valence-electron chi connectivity index (χ3n) is 4.89. The van der Waals surface area contributed by atoms with E-state index in [1.807, 2.05) is 10.3 Å². The van der Waals surface area contributed by atoms with Gasteiger partial charge in [0.15, 0.2) is 5.13 Å². The van der Waals surface area contributed by atoms with Crippen molar-refractivity contribution in [2.24, 2.45) is 0 Å². The topological polar surface area (TPSA) is 76.3 Å². The molecule has 134 valence electrons. The molecule has 0 radical (unpaired) electrons. The number of fused-ring (bicyclic) bond motifs is 1. The van der Waals surface area contributed by atoms with Gasteiger partial charge in [0.1, 0.15) is 12.4 Å². The number of piperazine rings is 1. The molecule has 0 aliphatic carbocycles. The quantitative estimate of drug-likeness (QED) is 0.798. The number of amides is 1. The molecule has 2 aliphatic heterocycles. The van der Waals surface area contributed by atoms with E-state index >= 15 is 0 Å². The molecule has 1 saturated heterocycles.